The normalized spacial score (nSPS) is 14.8. The number of ether oxygens (including phenoxy) is 1. The van der Waals surface area contributed by atoms with Crippen LogP contribution in [0.15, 0.2) is 24.3 Å². The molecule has 2 atom stereocenters. The molecule has 0 radical (unpaired) electrons. The molecule has 0 saturated heterocycles. The first-order chi connectivity index (χ1) is 8.77. The summed E-state index contributed by atoms with van der Waals surface area (Å²) in [6, 6.07) is 3.99. The van der Waals surface area contributed by atoms with Gasteiger partial charge in [-0.25, -0.2) is 0 Å². The summed E-state index contributed by atoms with van der Waals surface area (Å²) in [5, 5.41) is 2.78. The fourth-order valence-corrected chi connectivity index (χ4v) is 1.84. The number of methoxy groups -OCH3 is 1. The van der Waals surface area contributed by atoms with E-state index in [1.54, 1.807) is 13.8 Å². The number of benzene rings is 1. The van der Waals surface area contributed by atoms with E-state index in [-0.39, 0.29) is 5.56 Å². The molecule has 6 heteroatoms. The quantitative estimate of drug-likeness (QED) is 0.859. The number of carbonyl (C=O) groups is 1. The van der Waals surface area contributed by atoms with Gasteiger partial charge in [-0.3, -0.25) is 10.1 Å². The maximum Gasteiger partial charge on any atom is 0.416 e. The van der Waals surface area contributed by atoms with Gasteiger partial charge >= 0.3 is 12.1 Å². The van der Waals surface area contributed by atoms with E-state index >= 15 is 0 Å². The number of halogens is 3. The summed E-state index contributed by atoms with van der Waals surface area (Å²) in [5.41, 5.74) is -0.599. The molecule has 1 N–H and O–H groups in total. The van der Waals surface area contributed by atoms with Gasteiger partial charge in [0.25, 0.3) is 0 Å². The van der Waals surface area contributed by atoms with Crippen LogP contribution in [0.3, 0.4) is 0 Å². The molecule has 0 saturated carbocycles. The summed E-state index contributed by atoms with van der Waals surface area (Å²) in [5.74, 6) is -0.517. The van der Waals surface area contributed by atoms with Crippen molar-refractivity contribution in [2.75, 3.05) is 7.11 Å². The molecule has 0 aromatic heterocycles. The molecule has 0 fully saturated rings. The van der Waals surface area contributed by atoms with Gasteiger partial charge in [-0.05, 0) is 25.5 Å². The Morgan fingerprint density at radius 2 is 1.84 bits per heavy atom. The summed E-state index contributed by atoms with van der Waals surface area (Å²) in [7, 11) is 1.23. The Bertz CT molecular complexity index is 446. The first-order valence-electron chi connectivity index (χ1n) is 5.77. The maximum atomic E-state index is 12.9. The zero-order chi connectivity index (χ0) is 14.6. The summed E-state index contributed by atoms with van der Waals surface area (Å²) >= 11 is 0. The van der Waals surface area contributed by atoms with Gasteiger partial charge in [0.15, 0.2) is 0 Å². The van der Waals surface area contributed by atoms with E-state index in [1.165, 1.54) is 25.3 Å². The van der Waals surface area contributed by atoms with Gasteiger partial charge in [0, 0.05) is 6.04 Å². The lowest BCUT2D eigenvalue weighted by molar-refractivity contribution is -0.142. The van der Waals surface area contributed by atoms with Gasteiger partial charge in [0.2, 0.25) is 0 Å². The molecule has 0 bridgehead atoms. The zero-order valence-electron chi connectivity index (χ0n) is 10.9. The maximum absolute atomic E-state index is 12.9. The van der Waals surface area contributed by atoms with Crippen LogP contribution >= 0.6 is 0 Å². The van der Waals surface area contributed by atoms with Crippen molar-refractivity contribution >= 4 is 5.97 Å². The zero-order valence-corrected chi connectivity index (χ0v) is 10.9. The molecule has 0 heterocycles. The molecule has 0 spiro atoms. The second kappa shape index (κ2) is 6.06. The molecule has 1 aromatic carbocycles. The lowest BCUT2D eigenvalue weighted by Gasteiger charge is -2.22. The van der Waals surface area contributed by atoms with Gasteiger partial charge in [0.05, 0.1) is 12.7 Å². The van der Waals surface area contributed by atoms with Crippen molar-refractivity contribution in [3.05, 3.63) is 35.4 Å². The number of hydrogen-bond donors (Lipinski definition) is 1. The minimum atomic E-state index is -4.42. The molecule has 2 unspecified atom stereocenters. The Hall–Kier alpha value is -1.56. The third-order valence-electron chi connectivity index (χ3n) is 2.79. The standard InChI is InChI=1S/C13H16F3NO2/c1-8(17-9(2)12(18)19-3)10-6-4-5-7-11(10)13(14,15)16/h4-9,17H,1-3H3. The molecular weight excluding hydrogens is 259 g/mol. The second-order valence-corrected chi connectivity index (χ2v) is 4.22. The van der Waals surface area contributed by atoms with Crippen LogP contribution in [0.25, 0.3) is 0 Å². The van der Waals surface area contributed by atoms with Crippen LogP contribution in [0, 0.1) is 0 Å². The third kappa shape index (κ3) is 3.96. The number of nitrogens with one attached hydrogen (secondary N) is 1. The van der Waals surface area contributed by atoms with Crippen LogP contribution in [0.4, 0.5) is 13.2 Å². The first kappa shape index (κ1) is 15.5. The topological polar surface area (TPSA) is 38.3 Å². The van der Waals surface area contributed by atoms with Crippen molar-refractivity contribution in [2.24, 2.45) is 0 Å². The van der Waals surface area contributed by atoms with Crippen molar-refractivity contribution in [1.29, 1.82) is 0 Å². The van der Waals surface area contributed by atoms with Crippen LogP contribution in [-0.2, 0) is 15.7 Å². The Kier molecular flexibility index (Phi) is 4.94. The molecular formula is C13H16F3NO2. The minimum absolute atomic E-state index is 0.103. The van der Waals surface area contributed by atoms with E-state index in [0.717, 1.165) is 6.07 Å². The summed E-state index contributed by atoms with van der Waals surface area (Å²) < 4.78 is 43.1. The van der Waals surface area contributed by atoms with E-state index < -0.39 is 29.8 Å². The van der Waals surface area contributed by atoms with Gasteiger partial charge in [-0.15, -0.1) is 0 Å². The van der Waals surface area contributed by atoms with Crippen molar-refractivity contribution in [3.8, 4) is 0 Å². The van der Waals surface area contributed by atoms with E-state index in [9.17, 15) is 18.0 Å². The van der Waals surface area contributed by atoms with E-state index in [4.69, 9.17) is 0 Å². The highest BCUT2D eigenvalue weighted by Gasteiger charge is 2.34. The molecule has 1 aromatic rings. The average molecular weight is 275 g/mol. The molecule has 0 amide bonds. The largest absolute Gasteiger partial charge is 0.468 e. The van der Waals surface area contributed by atoms with Gasteiger partial charge < -0.3 is 4.74 Å². The van der Waals surface area contributed by atoms with Crippen molar-refractivity contribution < 1.29 is 22.7 Å². The molecule has 0 aliphatic rings. The highest BCUT2D eigenvalue weighted by Crippen LogP contribution is 2.34. The number of alkyl halides is 3. The number of rotatable bonds is 4. The number of esters is 1. The van der Waals surface area contributed by atoms with Crippen LogP contribution in [-0.4, -0.2) is 19.1 Å². The van der Waals surface area contributed by atoms with Gasteiger partial charge in [-0.2, -0.15) is 13.2 Å². The summed E-state index contributed by atoms with van der Waals surface area (Å²) in [6.45, 7) is 3.11. The van der Waals surface area contributed by atoms with E-state index in [2.05, 4.69) is 10.1 Å². The summed E-state index contributed by atoms with van der Waals surface area (Å²) in [6.07, 6.45) is -4.42. The Morgan fingerprint density at radius 3 is 2.37 bits per heavy atom. The molecule has 106 valence electrons. The molecule has 19 heavy (non-hydrogen) atoms. The molecule has 3 nitrogen and oxygen atoms in total. The monoisotopic (exact) mass is 275 g/mol. The number of hydrogen-bond acceptors (Lipinski definition) is 3. The van der Waals surface area contributed by atoms with Crippen LogP contribution in [0.1, 0.15) is 31.0 Å². The first-order valence-corrected chi connectivity index (χ1v) is 5.77. The lowest BCUT2D eigenvalue weighted by Crippen LogP contribution is -2.37. The Morgan fingerprint density at radius 1 is 1.26 bits per heavy atom. The smallest absolute Gasteiger partial charge is 0.416 e. The van der Waals surface area contributed by atoms with Crippen LogP contribution in [0.5, 0.6) is 0 Å². The SMILES string of the molecule is COC(=O)C(C)NC(C)c1ccccc1C(F)(F)F. The predicted octanol–water partition coefficient (Wildman–Crippen LogP) is 2.92. The van der Waals surface area contributed by atoms with Crippen molar-refractivity contribution in [2.45, 2.75) is 32.1 Å². The fourth-order valence-electron chi connectivity index (χ4n) is 1.84. The van der Waals surface area contributed by atoms with Gasteiger partial charge in [0.1, 0.15) is 6.04 Å². The molecule has 0 aliphatic heterocycles. The van der Waals surface area contributed by atoms with Crippen molar-refractivity contribution in [3.63, 3.8) is 0 Å². The van der Waals surface area contributed by atoms with Crippen LogP contribution < -0.4 is 5.32 Å². The predicted molar refractivity (Wildman–Crippen MR) is 64.5 cm³/mol. The van der Waals surface area contributed by atoms with E-state index in [1.807, 2.05) is 0 Å². The Balaban J connectivity index is 2.94. The minimum Gasteiger partial charge on any atom is -0.468 e. The Labute approximate surface area is 109 Å². The highest BCUT2D eigenvalue weighted by molar-refractivity contribution is 5.75. The fraction of sp³-hybridized carbons (Fsp3) is 0.462. The number of carbonyl (C=O) groups excluding carboxylic acids is 1. The summed E-state index contributed by atoms with van der Waals surface area (Å²) in [4.78, 5) is 11.3. The lowest BCUT2D eigenvalue weighted by atomic mass is 10.0. The van der Waals surface area contributed by atoms with Crippen molar-refractivity contribution in [1.82, 2.24) is 5.32 Å². The van der Waals surface area contributed by atoms with E-state index in [0.29, 0.717) is 0 Å². The third-order valence-corrected chi connectivity index (χ3v) is 2.79. The molecule has 1 rings (SSSR count). The highest BCUT2D eigenvalue weighted by atomic mass is 19.4. The molecule has 0 aliphatic carbocycles. The van der Waals surface area contributed by atoms with Crippen LogP contribution in [0.2, 0.25) is 0 Å². The second-order valence-electron chi connectivity index (χ2n) is 4.22. The average Bonchev–Trinajstić information content (AvgIpc) is 2.36. The van der Waals surface area contributed by atoms with Gasteiger partial charge in [-0.1, -0.05) is 18.2 Å².